The van der Waals surface area contributed by atoms with Crippen LogP contribution in [0.3, 0.4) is 0 Å². The van der Waals surface area contributed by atoms with Gasteiger partial charge in [-0.15, -0.1) is 0 Å². The molecule has 0 radical (unpaired) electrons. The highest BCUT2D eigenvalue weighted by molar-refractivity contribution is 6.51. The lowest BCUT2D eigenvalue weighted by atomic mass is 9.94. The molecule has 8 nitrogen and oxygen atoms in total. The van der Waals surface area contributed by atoms with E-state index in [-0.39, 0.29) is 35.5 Å². The number of hydrogen-bond acceptors (Lipinski definition) is 7. The molecular weight excluding hydrogens is 474 g/mol. The number of amides is 1. The molecule has 5 rings (SSSR count). The highest BCUT2D eigenvalue weighted by atomic mass is 16.7. The van der Waals surface area contributed by atoms with Gasteiger partial charge in [-0.3, -0.25) is 14.5 Å². The summed E-state index contributed by atoms with van der Waals surface area (Å²) in [6.07, 6.45) is 0. The molecule has 1 unspecified atom stereocenters. The molecule has 0 aromatic heterocycles. The lowest BCUT2D eigenvalue weighted by Crippen LogP contribution is -2.29. The zero-order valence-electron chi connectivity index (χ0n) is 20.7. The maximum Gasteiger partial charge on any atom is 0.300 e. The maximum atomic E-state index is 13.4. The van der Waals surface area contributed by atoms with E-state index in [0.29, 0.717) is 34.9 Å². The van der Waals surface area contributed by atoms with Gasteiger partial charge in [-0.25, -0.2) is 0 Å². The predicted molar refractivity (Wildman–Crippen MR) is 137 cm³/mol. The van der Waals surface area contributed by atoms with Crippen LogP contribution in [0.2, 0.25) is 0 Å². The summed E-state index contributed by atoms with van der Waals surface area (Å²) in [6.45, 7) is 6.29. The van der Waals surface area contributed by atoms with Gasteiger partial charge in [0.25, 0.3) is 11.7 Å². The summed E-state index contributed by atoms with van der Waals surface area (Å²) < 4.78 is 16.3. The Morgan fingerprint density at radius 1 is 1.03 bits per heavy atom. The van der Waals surface area contributed by atoms with Gasteiger partial charge in [-0.05, 0) is 66.4 Å². The Morgan fingerprint density at radius 2 is 1.76 bits per heavy atom. The van der Waals surface area contributed by atoms with Crippen molar-refractivity contribution in [3.05, 3.63) is 82.9 Å². The van der Waals surface area contributed by atoms with Gasteiger partial charge in [0.1, 0.15) is 5.76 Å². The van der Waals surface area contributed by atoms with Crippen LogP contribution < -0.4 is 19.1 Å². The van der Waals surface area contributed by atoms with Crippen molar-refractivity contribution in [1.82, 2.24) is 0 Å². The van der Waals surface area contributed by atoms with Gasteiger partial charge in [-0.2, -0.15) is 0 Å². The Morgan fingerprint density at radius 3 is 2.46 bits per heavy atom. The molecule has 0 saturated carbocycles. The van der Waals surface area contributed by atoms with Crippen LogP contribution in [0.25, 0.3) is 5.76 Å². The molecule has 8 heteroatoms. The van der Waals surface area contributed by atoms with Crippen LogP contribution in [0, 0.1) is 0 Å². The number of rotatable bonds is 6. The second-order valence-electron chi connectivity index (χ2n) is 9.14. The fourth-order valence-corrected chi connectivity index (χ4v) is 4.61. The number of aliphatic hydroxyl groups excluding tert-OH is 1. The van der Waals surface area contributed by atoms with Gasteiger partial charge >= 0.3 is 0 Å². The van der Waals surface area contributed by atoms with E-state index in [1.54, 1.807) is 49.4 Å². The molecule has 0 spiro atoms. The molecule has 1 atom stereocenters. The van der Waals surface area contributed by atoms with Gasteiger partial charge in [0, 0.05) is 11.3 Å². The highest BCUT2D eigenvalue weighted by Crippen LogP contribution is 2.45. The third-order valence-corrected chi connectivity index (χ3v) is 6.53. The van der Waals surface area contributed by atoms with Crippen molar-refractivity contribution in [3.8, 4) is 23.0 Å². The van der Waals surface area contributed by atoms with Crippen LogP contribution in [0.5, 0.6) is 23.0 Å². The minimum atomic E-state index is -0.963. The predicted octanol–water partition coefficient (Wildman–Crippen LogP) is 5.27. The largest absolute Gasteiger partial charge is 0.507 e. The second kappa shape index (κ2) is 9.54. The lowest BCUT2D eigenvalue weighted by molar-refractivity contribution is -0.132. The number of nitrogens with zero attached hydrogens (tertiary/aromatic N) is 1. The number of aromatic hydroxyl groups is 1. The molecule has 1 saturated heterocycles. The van der Waals surface area contributed by atoms with Gasteiger partial charge in [0.05, 0.1) is 18.2 Å². The molecule has 190 valence electrons. The summed E-state index contributed by atoms with van der Waals surface area (Å²) in [5.74, 6) is -0.537. The third-order valence-electron chi connectivity index (χ3n) is 6.53. The molecule has 2 heterocycles. The Kier molecular flexibility index (Phi) is 6.25. The molecule has 0 aliphatic carbocycles. The normalized spacial score (nSPS) is 18.1. The number of phenols is 1. The van der Waals surface area contributed by atoms with Crippen LogP contribution in [-0.4, -0.2) is 35.3 Å². The quantitative estimate of drug-likeness (QED) is 0.269. The zero-order valence-corrected chi connectivity index (χ0v) is 20.7. The molecule has 3 aromatic carbocycles. The zero-order chi connectivity index (χ0) is 26.3. The van der Waals surface area contributed by atoms with E-state index in [1.165, 1.54) is 11.0 Å². The van der Waals surface area contributed by atoms with Crippen molar-refractivity contribution < 1.29 is 34.0 Å². The smallest absolute Gasteiger partial charge is 0.300 e. The van der Waals surface area contributed by atoms with E-state index in [1.807, 2.05) is 12.1 Å². The molecule has 37 heavy (non-hydrogen) atoms. The van der Waals surface area contributed by atoms with Crippen LogP contribution in [0.15, 0.2) is 66.2 Å². The fraction of sp³-hybridized carbons (Fsp3) is 0.241. The lowest BCUT2D eigenvalue weighted by Gasteiger charge is -2.26. The number of anilines is 1. The first-order valence-electron chi connectivity index (χ1n) is 12.1. The number of fused-ring (bicyclic) bond motifs is 1. The summed E-state index contributed by atoms with van der Waals surface area (Å²) >= 11 is 0. The Labute approximate surface area is 214 Å². The Hall–Kier alpha value is -4.46. The second-order valence-corrected chi connectivity index (χ2v) is 9.14. The molecule has 2 N–H and O–H groups in total. The number of aliphatic hydroxyl groups is 1. The number of ketones is 1. The number of benzene rings is 3. The number of Topliss-reactive ketones (excluding diaryl/α,β-unsaturated/α-hetero) is 1. The van der Waals surface area contributed by atoms with Crippen LogP contribution in [-0.2, 0) is 9.59 Å². The molecule has 1 amide bonds. The molecule has 0 bridgehead atoms. The van der Waals surface area contributed by atoms with E-state index >= 15 is 0 Å². The first kappa shape index (κ1) is 24.2. The molecule has 3 aromatic rings. The number of carbonyl (C=O) groups is 2. The first-order valence-corrected chi connectivity index (χ1v) is 12.1. The van der Waals surface area contributed by atoms with Gasteiger partial charge in [-0.1, -0.05) is 32.0 Å². The van der Waals surface area contributed by atoms with Crippen molar-refractivity contribution in [1.29, 1.82) is 0 Å². The summed E-state index contributed by atoms with van der Waals surface area (Å²) in [6, 6.07) is 15.9. The van der Waals surface area contributed by atoms with Crippen molar-refractivity contribution in [2.75, 3.05) is 18.3 Å². The first-order chi connectivity index (χ1) is 17.8. The van der Waals surface area contributed by atoms with Crippen molar-refractivity contribution in [2.24, 2.45) is 0 Å². The summed E-state index contributed by atoms with van der Waals surface area (Å²) in [5, 5.41) is 21.6. The number of hydrogen-bond donors (Lipinski definition) is 2. The van der Waals surface area contributed by atoms with Gasteiger partial charge in [0.15, 0.2) is 23.0 Å². The van der Waals surface area contributed by atoms with Gasteiger partial charge in [0.2, 0.25) is 6.79 Å². The van der Waals surface area contributed by atoms with E-state index in [0.717, 1.165) is 5.56 Å². The average molecular weight is 502 g/mol. The SMILES string of the molecule is CCOc1cc(C2/C(=C(\O)c3ccc4c(c3)OCO4)C(=O)C(=O)N2c2ccc(C(C)C)cc2)ccc1O. The summed E-state index contributed by atoms with van der Waals surface area (Å²) in [4.78, 5) is 28.2. The van der Waals surface area contributed by atoms with E-state index < -0.39 is 17.7 Å². The van der Waals surface area contributed by atoms with Crippen LogP contribution in [0.1, 0.15) is 49.4 Å². The molecule has 1 fully saturated rings. The number of phenolic OH excluding ortho intramolecular Hbond substituents is 1. The summed E-state index contributed by atoms with van der Waals surface area (Å²) in [7, 11) is 0. The molecule has 2 aliphatic rings. The van der Waals surface area contributed by atoms with E-state index in [2.05, 4.69) is 13.8 Å². The monoisotopic (exact) mass is 501 g/mol. The number of carbonyl (C=O) groups excluding carboxylic acids is 2. The van der Waals surface area contributed by atoms with Crippen molar-refractivity contribution >= 4 is 23.1 Å². The van der Waals surface area contributed by atoms with Crippen LogP contribution >= 0.6 is 0 Å². The topological polar surface area (TPSA) is 106 Å². The van der Waals surface area contributed by atoms with E-state index in [4.69, 9.17) is 14.2 Å². The fourth-order valence-electron chi connectivity index (χ4n) is 4.61. The summed E-state index contributed by atoms with van der Waals surface area (Å²) in [5.41, 5.74) is 2.32. The van der Waals surface area contributed by atoms with Crippen molar-refractivity contribution in [2.45, 2.75) is 32.7 Å². The Balaban J connectivity index is 1.69. The standard InChI is InChI=1S/C29H27NO7/c1-4-35-23-13-18(7-11-21(23)31)26-25(27(32)19-8-12-22-24(14-19)37-15-36-22)28(33)29(34)30(26)20-9-5-17(6-10-20)16(2)3/h5-14,16,26,31-32H,4,15H2,1-3H3/b27-25+. The third kappa shape index (κ3) is 4.24. The van der Waals surface area contributed by atoms with Gasteiger partial charge < -0.3 is 24.4 Å². The minimum absolute atomic E-state index is 0.0595. The number of ether oxygens (including phenoxy) is 3. The van der Waals surface area contributed by atoms with Crippen LogP contribution in [0.4, 0.5) is 5.69 Å². The average Bonchev–Trinajstić information content (AvgIpc) is 3.47. The highest BCUT2D eigenvalue weighted by Gasteiger charge is 2.47. The maximum absolute atomic E-state index is 13.4. The molecule has 2 aliphatic heterocycles. The molecular formula is C29H27NO7. The van der Waals surface area contributed by atoms with E-state index in [9.17, 15) is 19.8 Å². The Bertz CT molecular complexity index is 1410. The minimum Gasteiger partial charge on any atom is -0.507 e. The van der Waals surface area contributed by atoms with Crippen molar-refractivity contribution in [3.63, 3.8) is 0 Å².